The van der Waals surface area contributed by atoms with E-state index in [0.29, 0.717) is 53.6 Å². The van der Waals surface area contributed by atoms with Crippen molar-refractivity contribution < 1.29 is 23.8 Å². The van der Waals surface area contributed by atoms with Crippen molar-refractivity contribution in [3.63, 3.8) is 0 Å². The fourth-order valence-corrected chi connectivity index (χ4v) is 5.32. The summed E-state index contributed by atoms with van der Waals surface area (Å²) in [4.78, 5) is 26.2. The second-order valence-corrected chi connectivity index (χ2v) is 10.9. The van der Waals surface area contributed by atoms with E-state index in [1.165, 1.54) is 11.8 Å². The zero-order valence-electron chi connectivity index (χ0n) is 26.0. The summed E-state index contributed by atoms with van der Waals surface area (Å²) in [6, 6.07) is 16.9. The smallest absolute Gasteiger partial charge is 0.251 e. The van der Waals surface area contributed by atoms with E-state index in [-0.39, 0.29) is 24.1 Å². The molecule has 44 heavy (non-hydrogen) atoms. The second-order valence-electron chi connectivity index (χ2n) is 9.94. The lowest BCUT2D eigenvalue weighted by molar-refractivity contribution is -0.113. The van der Waals surface area contributed by atoms with Crippen molar-refractivity contribution in [2.75, 3.05) is 30.9 Å². The van der Waals surface area contributed by atoms with Crippen molar-refractivity contribution in [2.24, 2.45) is 0 Å². The molecule has 10 nitrogen and oxygen atoms in total. The molecular formula is C33H39N5O5S. The van der Waals surface area contributed by atoms with Crippen LogP contribution in [-0.4, -0.2) is 52.2 Å². The third kappa shape index (κ3) is 7.90. The molecule has 2 N–H and O–H groups in total. The molecule has 0 saturated heterocycles. The quantitative estimate of drug-likeness (QED) is 0.164. The molecule has 0 spiro atoms. The van der Waals surface area contributed by atoms with E-state index in [1.54, 1.807) is 12.1 Å². The van der Waals surface area contributed by atoms with E-state index in [9.17, 15) is 9.59 Å². The summed E-state index contributed by atoms with van der Waals surface area (Å²) in [6.07, 6.45) is 0. The number of aromatic nitrogens is 3. The third-order valence-electron chi connectivity index (χ3n) is 6.73. The van der Waals surface area contributed by atoms with Crippen LogP contribution < -0.4 is 24.8 Å². The number of benzene rings is 3. The first-order valence-electron chi connectivity index (χ1n) is 14.6. The lowest BCUT2D eigenvalue weighted by atomic mass is 10.1. The van der Waals surface area contributed by atoms with Crippen LogP contribution in [0, 0.1) is 20.8 Å². The maximum absolute atomic E-state index is 13.4. The van der Waals surface area contributed by atoms with Crippen LogP contribution in [0.3, 0.4) is 0 Å². The van der Waals surface area contributed by atoms with Gasteiger partial charge in [0.2, 0.25) is 11.7 Å². The Morgan fingerprint density at radius 3 is 2.20 bits per heavy atom. The van der Waals surface area contributed by atoms with Gasteiger partial charge in [-0.3, -0.25) is 14.2 Å². The molecule has 4 aromatic rings. The van der Waals surface area contributed by atoms with Gasteiger partial charge in [0.05, 0.1) is 37.8 Å². The average Bonchev–Trinajstić information content (AvgIpc) is 3.40. The first-order valence-corrected chi connectivity index (χ1v) is 15.6. The van der Waals surface area contributed by atoms with Crippen molar-refractivity contribution in [3.05, 3.63) is 82.7 Å². The summed E-state index contributed by atoms with van der Waals surface area (Å²) in [5.74, 6) is 1.51. The molecule has 0 aliphatic carbocycles. The number of hydrogen-bond donors (Lipinski definition) is 2. The van der Waals surface area contributed by atoms with Gasteiger partial charge >= 0.3 is 0 Å². The van der Waals surface area contributed by atoms with Gasteiger partial charge in [-0.25, -0.2) is 0 Å². The van der Waals surface area contributed by atoms with Gasteiger partial charge in [0.25, 0.3) is 5.91 Å². The highest BCUT2D eigenvalue weighted by Crippen LogP contribution is 2.39. The minimum absolute atomic E-state index is 0.0937. The summed E-state index contributed by atoms with van der Waals surface area (Å²) < 4.78 is 19.2. The molecule has 0 radical (unpaired) electrons. The Morgan fingerprint density at radius 1 is 0.864 bits per heavy atom. The molecule has 3 aromatic carbocycles. The van der Waals surface area contributed by atoms with Crippen LogP contribution >= 0.6 is 11.8 Å². The van der Waals surface area contributed by atoms with Crippen LogP contribution in [0.4, 0.5) is 5.69 Å². The molecule has 11 heteroatoms. The predicted molar refractivity (Wildman–Crippen MR) is 172 cm³/mol. The molecule has 1 heterocycles. The first-order chi connectivity index (χ1) is 21.2. The van der Waals surface area contributed by atoms with Crippen LogP contribution in [0.1, 0.15) is 53.6 Å². The van der Waals surface area contributed by atoms with Crippen molar-refractivity contribution in [3.8, 4) is 22.9 Å². The van der Waals surface area contributed by atoms with Gasteiger partial charge in [-0.1, -0.05) is 36.0 Å². The van der Waals surface area contributed by atoms with E-state index in [1.807, 2.05) is 88.6 Å². The number of ether oxygens (including phenoxy) is 3. The fraction of sp³-hybridized carbons (Fsp3) is 0.333. The highest BCUT2D eigenvalue weighted by atomic mass is 32.2. The zero-order valence-corrected chi connectivity index (χ0v) is 26.8. The van der Waals surface area contributed by atoms with Gasteiger partial charge in [-0.05, 0) is 88.6 Å². The van der Waals surface area contributed by atoms with Gasteiger partial charge in [-0.2, -0.15) is 0 Å². The molecule has 4 rings (SSSR count). The minimum atomic E-state index is -0.336. The van der Waals surface area contributed by atoms with Crippen LogP contribution in [0.25, 0.3) is 5.69 Å². The minimum Gasteiger partial charge on any atom is -0.490 e. The van der Waals surface area contributed by atoms with E-state index >= 15 is 0 Å². The van der Waals surface area contributed by atoms with Gasteiger partial charge < -0.3 is 24.8 Å². The average molecular weight is 618 g/mol. The number of thioether (sulfide) groups is 1. The topological polar surface area (TPSA) is 117 Å². The highest BCUT2D eigenvalue weighted by Gasteiger charge is 2.21. The molecule has 0 aliphatic heterocycles. The second kappa shape index (κ2) is 15.3. The van der Waals surface area contributed by atoms with Gasteiger partial charge in [0, 0.05) is 11.3 Å². The number of aryl methyl sites for hydroxylation is 2. The maximum atomic E-state index is 13.4. The lowest BCUT2D eigenvalue weighted by Gasteiger charge is -2.17. The van der Waals surface area contributed by atoms with E-state index in [2.05, 4.69) is 20.8 Å². The number of rotatable bonds is 14. The molecule has 0 atom stereocenters. The Kier molecular flexibility index (Phi) is 11.3. The number of amides is 2. The third-order valence-corrected chi connectivity index (χ3v) is 7.66. The van der Waals surface area contributed by atoms with E-state index in [4.69, 9.17) is 14.2 Å². The van der Waals surface area contributed by atoms with Gasteiger partial charge in [-0.15, -0.1) is 10.2 Å². The monoisotopic (exact) mass is 617 g/mol. The number of carbonyl (C=O) groups excluding carboxylic acids is 2. The van der Waals surface area contributed by atoms with Crippen molar-refractivity contribution in [2.45, 2.75) is 53.2 Å². The van der Waals surface area contributed by atoms with Crippen LogP contribution in [0.15, 0.2) is 59.8 Å². The van der Waals surface area contributed by atoms with Crippen molar-refractivity contribution >= 4 is 29.3 Å². The predicted octanol–water partition coefficient (Wildman–Crippen LogP) is 6.05. The SMILES string of the molecule is CCOc1cc(C(=O)NCc2nnc(SCC(=O)Nc3cccc(C)c3)n2-c2cccc(C)c2C)cc(OCC)c1OCC. The highest BCUT2D eigenvalue weighted by molar-refractivity contribution is 7.99. The Morgan fingerprint density at radius 2 is 1.55 bits per heavy atom. The Hall–Kier alpha value is -4.51. The summed E-state index contributed by atoms with van der Waals surface area (Å²) >= 11 is 1.28. The lowest BCUT2D eigenvalue weighted by Crippen LogP contribution is -2.25. The Balaban J connectivity index is 1.58. The Labute approximate surface area is 262 Å². The summed E-state index contributed by atoms with van der Waals surface area (Å²) in [6.45, 7) is 13.0. The number of nitrogens with one attached hydrogen (secondary N) is 2. The maximum Gasteiger partial charge on any atom is 0.251 e. The van der Waals surface area contributed by atoms with Crippen molar-refractivity contribution in [1.29, 1.82) is 0 Å². The first kappa shape index (κ1) is 32.4. The zero-order chi connectivity index (χ0) is 31.6. The molecule has 1 aromatic heterocycles. The normalized spacial score (nSPS) is 10.8. The molecule has 0 fully saturated rings. The molecule has 0 bridgehead atoms. The van der Waals surface area contributed by atoms with E-state index in [0.717, 1.165) is 28.1 Å². The van der Waals surface area contributed by atoms with Crippen LogP contribution in [0.2, 0.25) is 0 Å². The van der Waals surface area contributed by atoms with Crippen molar-refractivity contribution in [1.82, 2.24) is 20.1 Å². The molecule has 2 amide bonds. The van der Waals surface area contributed by atoms with E-state index < -0.39 is 0 Å². The number of hydrogen-bond acceptors (Lipinski definition) is 8. The molecular weight excluding hydrogens is 578 g/mol. The number of anilines is 1. The fourth-order valence-electron chi connectivity index (χ4n) is 4.56. The number of nitrogens with zero attached hydrogens (tertiary/aromatic N) is 3. The molecule has 0 aliphatic rings. The van der Waals surface area contributed by atoms with Crippen LogP contribution in [0.5, 0.6) is 17.2 Å². The standard InChI is InChI=1S/C33H39N5O5S/c1-7-41-27-17-24(18-28(42-8-2)31(27)43-9-3)32(40)34-19-29-36-37-33(38(29)26-15-11-13-22(5)23(26)6)44-20-30(39)35-25-14-10-12-21(4)16-25/h10-18H,7-9,19-20H2,1-6H3,(H,34,40)(H,35,39). The van der Waals surface area contributed by atoms with Gasteiger partial charge in [0.1, 0.15) is 0 Å². The number of carbonyl (C=O) groups is 2. The summed E-state index contributed by atoms with van der Waals surface area (Å²) in [7, 11) is 0. The van der Waals surface area contributed by atoms with Crippen LogP contribution in [-0.2, 0) is 11.3 Å². The summed E-state index contributed by atoms with van der Waals surface area (Å²) in [5, 5.41) is 15.3. The Bertz CT molecular complexity index is 1590. The molecule has 0 saturated carbocycles. The largest absolute Gasteiger partial charge is 0.490 e. The molecule has 232 valence electrons. The summed E-state index contributed by atoms with van der Waals surface area (Å²) in [5.41, 5.74) is 5.18. The van der Waals surface area contributed by atoms with Gasteiger partial charge in [0.15, 0.2) is 22.5 Å². The molecule has 0 unspecified atom stereocenters.